The molecule has 1 rings (SSSR count). The fourth-order valence-corrected chi connectivity index (χ4v) is 2.44. The second-order valence-electron chi connectivity index (χ2n) is 6.40. The largest absolute Gasteiger partial charge is 0.369 e. The van der Waals surface area contributed by atoms with Gasteiger partial charge in [-0.2, -0.15) is 0 Å². The van der Waals surface area contributed by atoms with Gasteiger partial charge in [0.25, 0.3) is 0 Å². The van der Waals surface area contributed by atoms with Gasteiger partial charge in [-0.05, 0) is 51.9 Å². The molecule has 0 radical (unpaired) electrons. The van der Waals surface area contributed by atoms with Crippen LogP contribution < -0.4 is 0 Å². The zero-order chi connectivity index (χ0) is 18.2. The number of hydrogen-bond acceptors (Lipinski definition) is 2. The lowest BCUT2D eigenvalue weighted by Crippen LogP contribution is -1.90. The number of allylic oxidation sites excluding steroid dienone is 8. The lowest BCUT2D eigenvalue weighted by molar-refractivity contribution is -0.116. The molecule has 138 valence electrons. The number of ketones is 1. The van der Waals surface area contributed by atoms with Crippen LogP contribution >= 0.6 is 0 Å². The van der Waals surface area contributed by atoms with Crippen molar-refractivity contribution in [3.8, 4) is 0 Å². The van der Waals surface area contributed by atoms with E-state index in [4.69, 9.17) is 4.74 Å². The van der Waals surface area contributed by atoms with E-state index in [9.17, 15) is 4.79 Å². The molecule has 1 aliphatic rings. The van der Waals surface area contributed by atoms with Crippen LogP contribution in [0.25, 0.3) is 0 Å². The molecule has 0 aromatic carbocycles. The van der Waals surface area contributed by atoms with E-state index in [1.807, 2.05) is 0 Å². The van der Waals surface area contributed by atoms with Crippen molar-refractivity contribution in [2.45, 2.75) is 77.4 Å². The number of Topliss-reactive ketones (excluding diaryl/α,β-unsaturated/α-hetero) is 1. The number of hydrogen-bond donors (Lipinski definition) is 0. The SMILES string of the molecule is CC/C=C\C/C=C\C/C=C\C/C=C\CC1OC1C/C=C\CCC(C)=O. The van der Waals surface area contributed by atoms with E-state index in [1.54, 1.807) is 6.92 Å². The number of ether oxygens (including phenoxy) is 1. The minimum atomic E-state index is 0.254. The van der Waals surface area contributed by atoms with E-state index in [-0.39, 0.29) is 5.78 Å². The van der Waals surface area contributed by atoms with Gasteiger partial charge in [-0.1, -0.05) is 67.7 Å². The summed E-state index contributed by atoms with van der Waals surface area (Å²) in [5.41, 5.74) is 0. The van der Waals surface area contributed by atoms with Gasteiger partial charge in [0.2, 0.25) is 0 Å². The molecule has 0 aliphatic carbocycles. The third-order valence-electron chi connectivity index (χ3n) is 3.97. The average molecular weight is 343 g/mol. The Kier molecular flexibility index (Phi) is 12.5. The second-order valence-corrected chi connectivity index (χ2v) is 6.40. The van der Waals surface area contributed by atoms with Crippen LogP contribution in [0.2, 0.25) is 0 Å². The Morgan fingerprint density at radius 3 is 1.76 bits per heavy atom. The molecule has 2 nitrogen and oxygen atoms in total. The Bertz CT molecular complexity index is 494. The van der Waals surface area contributed by atoms with Gasteiger partial charge in [0.15, 0.2) is 0 Å². The molecule has 0 amide bonds. The number of epoxide rings is 1. The summed E-state index contributed by atoms with van der Waals surface area (Å²) in [5.74, 6) is 0.254. The summed E-state index contributed by atoms with van der Waals surface area (Å²) in [7, 11) is 0. The van der Waals surface area contributed by atoms with Crippen molar-refractivity contribution >= 4 is 5.78 Å². The number of carbonyl (C=O) groups is 1. The fourth-order valence-electron chi connectivity index (χ4n) is 2.44. The summed E-state index contributed by atoms with van der Waals surface area (Å²) in [6.45, 7) is 3.79. The minimum Gasteiger partial charge on any atom is -0.369 e. The highest BCUT2D eigenvalue weighted by Crippen LogP contribution is 2.29. The van der Waals surface area contributed by atoms with E-state index in [1.165, 1.54) is 0 Å². The predicted octanol–water partition coefficient (Wildman–Crippen LogP) is 6.26. The van der Waals surface area contributed by atoms with Gasteiger partial charge in [-0.25, -0.2) is 0 Å². The molecule has 1 heterocycles. The predicted molar refractivity (Wildman–Crippen MR) is 108 cm³/mol. The summed E-state index contributed by atoms with van der Waals surface area (Å²) in [4.78, 5) is 10.8. The van der Waals surface area contributed by atoms with Crippen molar-refractivity contribution < 1.29 is 9.53 Å². The lowest BCUT2D eigenvalue weighted by Gasteiger charge is -1.89. The highest BCUT2D eigenvalue weighted by atomic mass is 16.6. The lowest BCUT2D eigenvalue weighted by atomic mass is 10.1. The molecule has 0 spiro atoms. The van der Waals surface area contributed by atoms with E-state index in [0.29, 0.717) is 18.6 Å². The van der Waals surface area contributed by atoms with Crippen LogP contribution in [-0.2, 0) is 9.53 Å². The zero-order valence-electron chi connectivity index (χ0n) is 15.9. The van der Waals surface area contributed by atoms with Gasteiger partial charge in [-0.15, -0.1) is 0 Å². The molecule has 1 aliphatic heterocycles. The van der Waals surface area contributed by atoms with Crippen LogP contribution in [0, 0.1) is 0 Å². The van der Waals surface area contributed by atoms with Crippen molar-refractivity contribution in [3.63, 3.8) is 0 Å². The smallest absolute Gasteiger partial charge is 0.130 e. The summed E-state index contributed by atoms with van der Waals surface area (Å²) in [6.07, 6.45) is 30.3. The molecule has 0 bridgehead atoms. The van der Waals surface area contributed by atoms with E-state index < -0.39 is 0 Å². The molecule has 0 aromatic rings. The van der Waals surface area contributed by atoms with Gasteiger partial charge in [0.1, 0.15) is 5.78 Å². The molecule has 1 saturated heterocycles. The Hall–Kier alpha value is -1.67. The van der Waals surface area contributed by atoms with Gasteiger partial charge in [0, 0.05) is 6.42 Å². The first-order valence-corrected chi connectivity index (χ1v) is 9.64. The second kappa shape index (κ2) is 14.7. The maximum absolute atomic E-state index is 10.8. The van der Waals surface area contributed by atoms with Crippen LogP contribution in [-0.4, -0.2) is 18.0 Å². The van der Waals surface area contributed by atoms with Gasteiger partial charge < -0.3 is 9.53 Å². The van der Waals surface area contributed by atoms with Crippen molar-refractivity contribution in [2.75, 3.05) is 0 Å². The average Bonchev–Trinajstić information content (AvgIpc) is 3.33. The monoisotopic (exact) mass is 342 g/mol. The van der Waals surface area contributed by atoms with Crippen molar-refractivity contribution in [1.29, 1.82) is 0 Å². The van der Waals surface area contributed by atoms with E-state index >= 15 is 0 Å². The van der Waals surface area contributed by atoms with Crippen molar-refractivity contribution in [1.82, 2.24) is 0 Å². The molecular formula is C23H34O2. The number of rotatable bonds is 14. The third-order valence-corrected chi connectivity index (χ3v) is 3.97. The third kappa shape index (κ3) is 13.3. The molecule has 0 saturated carbocycles. The highest BCUT2D eigenvalue weighted by Gasteiger charge is 2.35. The maximum atomic E-state index is 10.8. The molecule has 1 fully saturated rings. The normalized spacial score (nSPS) is 20.9. The Labute approximate surface area is 154 Å². The van der Waals surface area contributed by atoms with Crippen LogP contribution in [0.5, 0.6) is 0 Å². The highest BCUT2D eigenvalue weighted by molar-refractivity contribution is 5.75. The molecular weight excluding hydrogens is 308 g/mol. The molecule has 0 aromatic heterocycles. The molecule has 0 N–H and O–H groups in total. The van der Waals surface area contributed by atoms with Gasteiger partial charge >= 0.3 is 0 Å². The molecule has 2 atom stereocenters. The summed E-state index contributed by atoms with van der Waals surface area (Å²) < 4.78 is 5.64. The van der Waals surface area contributed by atoms with Crippen LogP contribution in [0.1, 0.15) is 65.2 Å². The van der Waals surface area contributed by atoms with Crippen molar-refractivity contribution in [2.24, 2.45) is 0 Å². The van der Waals surface area contributed by atoms with E-state index in [0.717, 1.165) is 44.9 Å². The topological polar surface area (TPSA) is 29.6 Å². The maximum Gasteiger partial charge on any atom is 0.130 e. The first kappa shape index (κ1) is 21.4. The summed E-state index contributed by atoms with van der Waals surface area (Å²) >= 11 is 0. The Balaban J connectivity index is 1.96. The van der Waals surface area contributed by atoms with E-state index in [2.05, 4.69) is 67.7 Å². The standard InChI is InChI=1S/C23H34O2/c1-3-4-5-6-7-8-9-10-11-12-13-16-19-22-23(25-22)20-17-14-15-18-21(2)24/h4-5,7-8,10-11,13-14,16-17,22-23H,3,6,9,12,15,18-20H2,1-2H3/b5-4-,8-7-,11-10-,16-13-,17-14-. The fraction of sp³-hybridized carbons (Fsp3) is 0.522. The molecule has 2 unspecified atom stereocenters. The summed E-state index contributed by atoms with van der Waals surface area (Å²) in [5, 5.41) is 0. The molecule has 2 heteroatoms. The van der Waals surface area contributed by atoms with Gasteiger partial charge in [-0.3, -0.25) is 0 Å². The Morgan fingerprint density at radius 1 is 0.760 bits per heavy atom. The first-order chi connectivity index (χ1) is 12.2. The van der Waals surface area contributed by atoms with Gasteiger partial charge in [0.05, 0.1) is 12.2 Å². The van der Waals surface area contributed by atoms with Crippen LogP contribution in [0.4, 0.5) is 0 Å². The summed E-state index contributed by atoms with van der Waals surface area (Å²) in [6, 6.07) is 0. The Morgan fingerprint density at radius 2 is 1.24 bits per heavy atom. The van der Waals surface area contributed by atoms with Crippen LogP contribution in [0.15, 0.2) is 60.8 Å². The molecule has 25 heavy (non-hydrogen) atoms. The minimum absolute atomic E-state index is 0.254. The van der Waals surface area contributed by atoms with Crippen molar-refractivity contribution in [3.05, 3.63) is 60.8 Å². The first-order valence-electron chi connectivity index (χ1n) is 9.64. The quantitative estimate of drug-likeness (QED) is 0.275. The number of carbonyl (C=O) groups excluding carboxylic acids is 1. The van der Waals surface area contributed by atoms with Crippen LogP contribution in [0.3, 0.4) is 0 Å². The zero-order valence-corrected chi connectivity index (χ0v) is 15.9.